The Labute approximate surface area is 145 Å². The van der Waals surface area contributed by atoms with Crippen LogP contribution in [-0.2, 0) is 11.2 Å². The highest BCUT2D eigenvalue weighted by Gasteiger charge is 2.28. The number of hydrogen-bond donors (Lipinski definition) is 0. The van der Waals surface area contributed by atoms with E-state index in [1.165, 1.54) is 17.3 Å². The van der Waals surface area contributed by atoms with Crippen molar-refractivity contribution in [3.8, 4) is 0 Å². The minimum absolute atomic E-state index is 0.153. The molecule has 1 amide bonds. The van der Waals surface area contributed by atoms with Gasteiger partial charge in [-0.15, -0.1) is 0 Å². The molecule has 0 saturated heterocycles. The lowest BCUT2D eigenvalue weighted by Gasteiger charge is -2.21. The summed E-state index contributed by atoms with van der Waals surface area (Å²) < 4.78 is 0. The lowest BCUT2D eigenvalue weighted by atomic mass is 10.2. The van der Waals surface area contributed by atoms with Crippen LogP contribution < -0.4 is 4.90 Å². The van der Waals surface area contributed by atoms with Crippen LogP contribution in [0.2, 0.25) is 0 Å². The molecular formula is C20H18N2OS. The summed E-state index contributed by atoms with van der Waals surface area (Å²) in [5, 5.41) is 1.85. The fourth-order valence-electron chi connectivity index (χ4n) is 3.13. The SMILES string of the molecule is CC(Sc1ccc2ccccc2n1)C(=O)N1CCc2ccccc21. The molecule has 1 aromatic heterocycles. The lowest BCUT2D eigenvalue weighted by molar-refractivity contribution is -0.117. The molecule has 1 aliphatic rings. The van der Waals surface area contributed by atoms with E-state index in [2.05, 4.69) is 17.1 Å². The number of amides is 1. The van der Waals surface area contributed by atoms with E-state index in [1.54, 1.807) is 0 Å². The molecule has 0 saturated carbocycles. The van der Waals surface area contributed by atoms with E-state index in [4.69, 9.17) is 0 Å². The molecule has 0 fully saturated rings. The third-order valence-corrected chi connectivity index (χ3v) is 5.40. The number of benzene rings is 2. The Kier molecular flexibility index (Phi) is 3.98. The van der Waals surface area contributed by atoms with Crippen molar-refractivity contribution in [2.24, 2.45) is 0 Å². The molecule has 24 heavy (non-hydrogen) atoms. The van der Waals surface area contributed by atoms with Gasteiger partial charge in [0.05, 0.1) is 15.8 Å². The average molecular weight is 334 g/mol. The van der Waals surface area contributed by atoms with Crippen LogP contribution in [0.4, 0.5) is 5.69 Å². The highest BCUT2D eigenvalue weighted by molar-refractivity contribution is 8.00. The van der Waals surface area contributed by atoms with Crippen LogP contribution in [0.15, 0.2) is 65.7 Å². The van der Waals surface area contributed by atoms with Gasteiger partial charge in [0.2, 0.25) is 5.91 Å². The van der Waals surface area contributed by atoms with E-state index >= 15 is 0 Å². The predicted octanol–water partition coefficient (Wildman–Crippen LogP) is 4.30. The molecule has 0 spiro atoms. The molecule has 2 heterocycles. The summed E-state index contributed by atoms with van der Waals surface area (Å²) in [4.78, 5) is 19.4. The smallest absolute Gasteiger partial charge is 0.240 e. The second kappa shape index (κ2) is 6.29. The van der Waals surface area contributed by atoms with Crippen LogP contribution in [0.5, 0.6) is 0 Å². The summed E-state index contributed by atoms with van der Waals surface area (Å²) in [5.74, 6) is 0.153. The Morgan fingerprint density at radius 3 is 2.79 bits per heavy atom. The van der Waals surface area contributed by atoms with Crippen molar-refractivity contribution in [3.63, 3.8) is 0 Å². The first-order chi connectivity index (χ1) is 11.7. The molecular weight excluding hydrogens is 316 g/mol. The molecule has 3 aromatic rings. The molecule has 120 valence electrons. The van der Waals surface area contributed by atoms with Gasteiger partial charge in [0.15, 0.2) is 0 Å². The van der Waals surface area contributed by atoms with Crippen molar-refractivity contribution in [1.82, 2.24) is 4.98 Å². The van der Waals surface area contributed by atoms with Gasteiger partial charge in [-0.3, -0.25) is 4.79 Å². The fourth-order valence-corrected chi connectivity index (χ4v) is 4.02. The third kappa shape index (κ3) is 2.78. The van der Waals surface area contributed by atoms with E-state index in [1.807, 2.05) is 60.4 Å². The standard InChI is InChI=1S/C20H18N2OS/c1-14(20(23)22-13-12-16-7-3-5-9-18(16)22)24-19-11-10-15-6-2-4-8-17(15)21-19/h2-11,14H,12-13H2,1H3. The minimum atomic E-state index is -0.162. The van der Waals surface area contributed by atoms with Gasteiger partial charge in [0.1, 0.15) is 0 Å². The Hall–Kier alpha value is -2.33. The van der Waals surface area contributed by atoms with Crippen LogP contribution in [-0.4, -0.2) is 22.7 Å². The van der Waals surface area contributed by atoms with Crippen molar-refractivity contribution in [3.05, 3.63) is 66.2 Å². The Morgan fingerprint density at radius 1 is 1.08 bits per heavy atom. The summed E-state index contributed by atoms with van der Waals surface area (Å²) in [6.45, 7) is 2.74. The van der Waals surface area contributed by atoms with Crippen LogP contribution in [0, 0.1) is 0 Å². The van der Waals surface area contributed by atoms with Gasteiger partial charge < -0.3 is 4.90 Å². The Bertz CT molecular complexity index is 909. The van der Waals surface area contributed by atoms with E-state index in [0.717, 1.165) is 34.6 Å². The predicted molar refractivity (Wildman–Crippen MR) is 99.6 cm³/mol. The monoisotopic (exact) mass is 334 g/mol. The van der Waals surface area contributed by atoms with Gasteiger partial charge >= 0.3 is 0 Å². The normalized spacial score (nSPS) is 14.6. The van der Waals surface area contributed by atoms with Gasteiger partial charge in [-0.25, -0.2) is 4.98 Å². The number of anilines is 1. The molecule has 1 unspecified atom stereocenters. The molecule has 1 atom stereocenters. The van der Waals surface area contributed by atoms with E-state index in [-0.39, 0.29) is 11.2 Å². The van der Waals surface area contributed by atoms with Gasteiger partial charge in [0.25, 0.3) is 0 Å². The first kappa shape index (κ1) is 15.2. The van der Waals surface area contributed by atoms with E-state index in [9.17, 15) is 4.79 Å². The van der Waals surface area contributed by atoms with Crippen LogP contribution in [0.3, 0.4) is 0 Å². The van der Waals surface area contributed by atoms with Crippen molar-refractivity contribution in [1.29, 1.82) is 0 Å². The van der Waals surface area contributed by atoms with Gasteiger partial charge in [0, 0.05) is 17.6 Å². The fraction of sp³-hybridized carbons (Fsp3) is 0.200. The molecule has 1 aliphatic heterocycles. The van der Waals surface area contributed by atoms with Gasteiger partial charge in [-0.05, 0) is 37.1 Å². The molecule has 0 bridgehead atoms. The maximum atomic E-state index is 12.9. The summed E-state index contributed by atoms with van der Waals surface area (Å²) in [7, 11) is 0. The number of carbonyl (C=O) groups is 1. The topological polar surface area (TPSA) is 33.2 Å². The summed E-state index contributed by atoms with van der Waals surface area (Å²) in [6, 6.07) is 20.3. The molecule has 3 nitrogen and oxygen atoms in total. The first-order valence-corrected chi connectivity index (χ1v) is 9.02. The van der Waals surface area contributed by atoms with E-state index in [0.29, 0.717) is 0 Å². The summed E-state index contributed by atoms with van der Waals surface area (Å²) in [5.41, 5.74) is 3.28. The quantitative estimate of drug-likeness (QED) is 0.669. The number of rotatable bonds is 3. The number of fused-ring (bicyclic) bond motifs is 2. The Morgan fingerprint density at radius 2 is 1.88 bits per heavy atom. The van der Waals surface area contributed by atoms with Crippen LogP contribution in [0.1, 0.15) is 12.5 Å². The minimum Gasteiger partial charge on any atom is -0.311 e. The largest absolute Gasteiger partial charge is 0.311 e. The number of aromatic nitrogens is 1. The second-order valence-corrected chi connectivity index (χ2v) is 7.33. The maximum absolute atomic E-state index is 12.9. The van der Waals surface area contributed by atoms with Crippen molar-refractivity contribution < 1.29 is 4.79 Å². The van der Waals surface area contributed by atoms with Gasteiger partial charge in [-0.2, -0.15) is 0 Å². The number of pyridine rings is 1. The molecule has 2 aromatic carbocycles. The third-order valence-electron chi connectivity index (χ3n) is 4.37. The number of hydrogen-bond acceptors (Lipinski definition) is 3. The number of thioether (sulfide) groups is 1. The molecule has 4 heteroatoms. The molecule has 4 rings (SSSR count). The van der Waals surface area contributed by atoms with E-state index < -0.39 is 0 Å². The zero-order valence-electron chi connectivity index (χ0n) is 13.5. The number of carbonyl (C=O) groups excluding carboxylic acids is 1. The maximum Gasteiger partial charge on any atom is 0.240 e. The average Bonchev–Trinajstić information content (AvgIpc) is 3.05. The van der Waals surface area contributed by atoms with Crippen LogP contribution in [0.25, 0.3) is 10.9 Å². The number of nitrogens with zero attached hydrogens (tertiary/aromatic N) is 2. The molecule has 0 N–H and O–H groups in total. The second-order valence-electron chi connectivity index (χ2n) is 5.97. The summed E-state index contributed by atoms with van der Waals surface area (Å²) in [6.07, 6.45) is 0.938. The first-order valence-electron chi connectivity index (χ1n) is 8.14. The Balaban J connectivity index is 1.53. The van der Waals surface area contributed by atoms with Gasteiger partial charge in [-0.1, -0.05) is 54.2 Å². The lowest BCUT2D eigenvalue weighted by Crippen LogP contribution is -2.35. The zero-order valence-corrected chi connectivity index (χ0v) is 14.3. The highest BCUT2D eigenvalue weighted by Crippen LogP contribution is 2.31. The number of para-hydroxylation sites is 2. The van der Waals surface area contributed by atoms with Crippen LogP contribution >= 0.6 is 11.8 Å². The summed E-state index contributed by atoms with van der Waals surface area (Å²) >= 11 is 1.53. The highest BCUT2D eigenvalue weighted by atomic mass is 32.2. The molecule has 0 radical (unpaired) electrons. The van der Waals surface area contributed by atoms with Crippen molar-refractivity contribution in [2.75, 3.05) is 11.4 Å². The van der Waals surface area contributed by atoms with Crippen molar-refractivity contribution >= 4 is 34.3 Å². The zero-order chi connectivity index (χ0) is 16.5. The van der Waals surface area contributed by atoms with Crippen molar-refractivity contribution in [2.45, 2.75) is 23.6 Å². The molecule has 0 aliphatic carbocycles.